The van der Waals surface area contributed by atoms with Gasteiger partial charge in [0, 0.05) is 27.4 Å². The van der Waals surface area contributed by atoms with Crippen molar-refractivity contribution in [2.24, 2.45) is 23.7 Å². The van der Waals surface area contributed by atoms with Gasteiger partial charge in [-0.15, -0.1) is 0 Å². The van der Waals surface area contributed by atoms with Crippen LogP contribution in [0, 0.1) is 23.7 Å². The molecule has 1 aliphatic heterocycles. The molecule has 0 aromatic heterocycles. The Kier molecular flexibility index (Phi) is 5.11. The monoisotopic (exact) mass is 384 g/mol. The number of carbonyl (C=O) groups is 2. The van der Waals surface area contributed by atoms with Crippen LogP contribution in [-0.4, -0.2) is 50.1 Å². The predicted octanol–water partition coefficient (Wildman–Crippen LogP) is 2.46. The third-order valence-electron chi connectivity index (χ3n) is 6.49. The molecular weight excluding hydrogens is 356 g/mol. The molecule has 140 valence electrons. The quantitative estimate of drug-likeness (QED) is 0.277. The Bertz CT molecular complexity index is 547. The average Bonchev–Trinajstić information content (AvgIpc) is 3.24. The normalized spacial score (nSPS) is 33.9. The molecule has 1 heterocycles. The van der Waals surface area contributed by atoms with E-state index >= 15 is 0 Å². The average molecular weight is 385 g/mol. The van der Waals surface area contributed by atoms with Crippen molar-refractivity contribution in [1.82, 2.24) is 0 Å². The molecule has 2 aliphatic carbocycles. The summed E-state index contributed by atoms with van der Waals surface area (Å²) < 4.78 is 21.4. The number of cyclic esters (lactones) is 2. The number of fused-ring (bicyclic) bond motifs is 5. The van der Waals surface area contributed by atoms with Gasteiger partial charge in [-0.1, -0.05) is 37.7 Å². The van der Waals surface area contributed by atoms with E-state index in [0.717, 1.165) is 18.5 Å². The molecular formula is C17H28O6Si2. The molecule has 2 fully saturated rings. The zero-order valence-corrected chi connectivity index (χ0v) is 17.6. The minimum atomic E-state index is -2.54. The lowest BCUT2D eigenvalue weighted by molar-refractivity contribution is -0.154. The number of allylic oxidation sites excluding steroid dienone is 2. The summed E-state index contributed by atoms with van der Waals surface area (Å²) in [5.74, 6) is -0.776. The molecule has 25 heavy (non-hydrogen) atoms. The van der Waals surface area contributed by atoms with E-state index in [1.54, 1.807) is 21.3 Å². The molecule has 2 bridgehead atoms. The standard InChI is InChI=1S/C17H28O6Si2/c1-20-25(21-2,22-3)10-6-9-24(4,5)15-11-7-8-12(15)14-13(11)16(18)23-17(14)19/h7-8,11-15H,6,9-10H2,1-5H3/t11?,12?,13-,14+,15?. The lowest BCUT2D eigenvalue weighted by atomic mass is 9.85. The van der Waals surface area contributed by atoms with E-state index in [1.165, 1.54) is 0 Å². The van der Waals surface area contributed by atoms with Gasteiger partial charge in [0.2, 0.25) is 0 Å². The van der Waals surface area contributed by atoms with Crippen molar-refractivity contribution in [3.63, 3.8) is 0 Å². The van der Waals surface area contributed by atoms with Gasteiger partial charge in [0.05, 0.1) is 19.9 Å². The van der Waals surface area contributed by atoms with E-state index in [0.29, 0.717) is 5.54 Å². The largest absolute Gasteiger partial charge is 0.500 e. The van der Waals surface area contributed by atoms with Crippen LogP contribution in [0.3, 0.4) is 0 Å². The zero-order chi connectivity index (χ0) is 18.4. The van der Waals surface area contributed by atoms with Crippen molar-refractivity contribution in [1.29, 1.82) is 0 Å². The van der Waals surface area contributed by atoms with Gasteiger partial charge in [-0.2, -0.15) is 0 Å². The second-order valence-corrected chi connectivity index (χ2v) is 16.2. The highest BCUT2D eigenvalue weighted by atomic mass is 28.4. The highest BCUT2D eigenvalue weighted by molar-refractivity contribution is 6.79. The maximum atomic E-state index is 12.1. The van der Waals surface area contributed by atoms with Crippen LogP contribution < -0.4 is 0 Å². The molecule has 1 saturated heterocycles. The maximum absolute atomic E-state index is 12.1. The van der Waals surface area contributed by atoms with Crippen LogP contribution in [0.1, 0.15) is 6.42 Å². The molecule has 0 aromatic rings. The van der Waals surface area contributed by atoms with E-state index < -0.39 is 16.9 Å². The molecule has 0 aromatic carbocycles. The van der Waals surface area contributed by atoms with E-state index in [9.17, 15) is 9.59 Å². The molecule has 1 saturated carbocycles. The number of esters is 2. The fraction of sp³-hybridized carbons (Fsp3) is 0.765. The van der Waals surface area contributed by atoms with E-state index in [1.807, 2.05) is 0 Å². The summed E-state index contributed by atoms with van der Waals surface area (Å²) in [5.41, 5.74) is 0.433. The first-order valence-corrected chi connectivity index (χ1v) is 14.1. The lowest BCUT2D eigenvalue weighted by Crippen LogP contribution is -2.43. The number of carbonyl (C=O) groups excluding carboxylic acids is 2. The first kappa shape index (κ1) is 19.0. The summed E-state index contributed by atoms with van der Waals surface area (Å²) in [6.45, 7) is 4.74. The lowest BCUT2D eigenvalue weighted by Gasteiger charge is -2.35. The predicted molar refractivity (Wildman–Crippen MR) is 96.4 cm³/mol. The fourth-order valence-corrected chi connectivity index (χ4v) is 11.5. The third-order valence-corrected chi connectivity index (χ3v) is 13.5. The van der Waals surface area contributed by atoms with E-state index in [-0.39, 0.29) is 35.6 Å². The number of hydrogen-bond acceptors (Lipinski definition) is 6. The molecule has 0 spiro atoms. The van der Waals surface area contributed by atoms with Crippen molar-refractivity contribution in [3.05, 3.63) is 12.2 Å². The highest BCUT2D eigenvalue weighted by Crippen LogP contribution is 2.62. The van der Waals surface area contributed by atoms with Crippen LogP contribution in [0.2, 0.25) is 30.7 Å². The zero-order valence-electron chi connectivity index (χ0n) is 15.6. The van der Waals surface area contributed by atoms with Crippen LogP contribution in [0.15, 0.2) is 12.2 Å². The van der Waals surface area contributed by atoms with Gasteiger partial charge in [-0.3, -0.25) is 9.59 Å². The number of ether oxygens (including phenoxy) is 1. The van der Waals surface area contributed by atoms with Crippen molar-refractivity contribution in [2.45, 2.75) is 37.1 Å². The molecule has 6 nitrogen and oxygen atoms in total. The highest BCUT2D eigenvalue weighted by Gasteiger charge is 2.65. The molecule has 3 aliphatic rings. The Morgan fingerprint density at radius 2 is 1.40 bits per heavy atom. The second-order valence-electron chi connectivity index (χ2n) is 7.99. The first-order chi connectivity index (χ1) is 11.8. The third kappa shape index (κ3) is 2.97. The van der Waals surface area contributed by atoms with Crippen molar-refractivity contribution >= 4 is 28.8 Å². The van der Waals surface area contributed by atoms with Gasteiger partial charge in [0.25, 0.3) is 0 Å². The van der Waals surface area contributed by atoms with Crippen LogP contribution in [0.4, 0.5) is 0 Å². The van der Waals surface area contributed by atoms with Gasteiger partial charge >= 0.3 is 20.7 Å². The topological polar surface area (TPSA) is 71.1 Å². The van der Waals surface area contributed by atoms with E-state index in [4.69, 9.17) is 18.0 Å². The van der Waals surface area contributed by atoms with Crippen molar-refractivity contribution in [3.8, 4) is 0 Å². The molecule has 8 heteroatoms. The summed E-state index contributed by atoms with van der Waals surface area (Å²) in [6.07, 6.45) is 5.29. The SMILES string of the molecule is CO[Si](CCC[Si](C)(C)C1C2C=CC1[C@@H]1C(=O)OC(=O)[C@H]21)(OC)OC. The van der Waals surface area contributed by atoms with Gasteiger partial charge in [-0.05, 0) is 17.4 Å². The van der Waals surface area contributed by atoms with Crippen LogP contribution in [0.5, 0.6) is 0 Å². The first-order valence-electron chi connectivity index (χ1n) is 8.89. The second kappa shape index (κ2) is 6.73. The van der Waals surface area contributed by atoms with Crippen molar-refractivity contribution < 1.29 is 27.6 Å². The summed E-state index contributed by atoms with van der Waals surface area (Å²) in [4.78, 5) is 24.2. The Hall–Kier alpha value is -0.806. The van der Waals surface area contributed by atoms with Gasteiger partial charge in [0.1, 0.15) is 0 Å². The summed E-state index contributed by atoms with van der Waals surface area (Å²) >= 11 is 0. The van der Waals surface area contributed by atoms with Crippen LogP contribution in [-0.2, 0) is 27.6 Å². The van der Waals surface area contributed by atoms with Crippen LogP contribution in [0.25, 0.3) is 0 Å². The molecule has 0 amide bonds. The Balaban J connectivity index is 1.68. The van der Waals surface area contributed by atoms with Gasteiger partial charge in [0.15, 0.2) is 0 Å². The minimum Gasteiger partial charge on any atom is -0.393 e. The molecule has 0 radical (unpaired) electrons. The van der Waals surface area contributed by atoms with Crippen molar-refractivity contribution in [2.75, 3.05) is 21.3 Å². The smallest absolute Gasteiger partial charge is 0.393 e. The number of rotatable bonds is 8. The van der Waals surface area contributed by atoms with Crippen LogP contribution >= 0.6 is 0 Å². The fourth-order valence-electron chi connectivity index (χ4n) is 5.29. The number of hydrogen-bond donors (Lipinski definition) is 0. The summed E-state index contributed by atoms with van der Waals surface area (Å²) in [7, 11) is 0.715. The Labute approximate surface area is 151 Å². The van der Waals surface area contributed by atoms with Gasteiger partial charge in [-0.25, -0.2) is 0 Å². The Morgan fingerprint density at radius 3 is 1.84 bits per heavy atom. The minimum absolute atomic E-state index is 0.171. The Morgan fingerprint density at radius 1 is 0.920 bits per heavy atom. The summed E-state index contributed by atoms with van der Waals surface area (Å²) in [6, 6.07) is 1.89. The van der Waals surface area contributed by atoms with E-state index in [2.05, 4.69) is 25.2 Å². The molecule has 0 N–H and O–H groups in total. The molecule has 5 atom stereocenters. The molecule has 3 rings (SSSR count). The summed E-state index contributed by atoms with van der Waals surface area (Å²) in [5, 5.41) is 0. The maximum Gasteiger partial charge on any atom is 0.500 e. The van der Waals surface area contributed by atoms with Gasteiger partial charge < -0.3 is 18.0 Å². The molecule has 3 unspecified atom stereocenters.